The lowest BCUT2D eigenvalue weighted by Crippen LogP contribution is -2.41. The van der Waals surface area contributed by atoms with Crippen molar-refractivity contribution in [2.45, 2.75) is 162 Å². The zero-order valence-corrected chi connectivity index (χ0v) is 48.2. The Labute approximate surface area is 486 Å². The molecule has 418 valence electrons. The summed E-state index contributed by atoms with van der Waals surface area (Å²) in [6.07, 6.45) is 22.3. The minimum absolute atomic E-state index is 0.0148. The Balaban J connectivity index is 0.000000200. The van der Waals surface area contributed by atoms with Gasteiger partial charge >= 0.3 is 0 Å². The minimum Gasteiger partial charge on any atom is -0.274 e. The fourth-order valence-corrected chi connectivity index (χ4v) is 15.4. The summed E-state index contributed by atoms with van der Waals surface area (Å²) in [6, 6.07) is 24.6. The molecule has 1 unspecified atom stereocenters. The maximum atomic E-state index is 13.8. The van der Waals surface area contributed by atoms with Gasteiger partial charge in [0.25, 0.3) is 23.6 Å². The third kappa shape index (κ3) is 10.8. The highest BCUT2D eigenvalue weighted by atomic mass is 32.2. The highest BCUT2D eigenvalue weighted by Crippen LogP contribution is 2.53. The minimum atomic E-state index is -4.28. The molecular weight excluding hydrogens is 1080 g/mol. The van der Waals surface area contributed by atoms with E-state index in [4.69, 9.17) is 6.57 Å². The molecule has 10 rings (SSSR count). The second kappa shape index (κ2) is 25.5. The SMILES string of the molecule is CCCCCCCCCCCCN1C(=O)c2cc(C#N)c3c4c(c(C#N)cc(c24)C1=O)S(=O)(=O)c1ccc(C#N)cc1-3.[C-]#[N+]c1cc2c3c(cc(C#N)c4c3c1S(=O)c1ccc(C#N)cc1-4)C(=O)N(CCCCCCCCCCCC)C2=O. The molecule has 0 aliphatic carbocycles. The lowest BCUT2D eigenvalue weighted by atomic mass is 9.84. The normalized spacial score (nSPS) is 14.6. The van der Waals surface area contributed by atoms with Crippen LogP contribution in [0.4, 0.5) is 5.69 Å². The van der Waals surface area contributed by atoms with Crippen LogP contribution in [0, 0.1) is 63.2 Å². The number of nitriles is 5. The number of benzene rings is 6. The highest BCUT2D eigenvalue weighted by molar-refractivity contribution is 7.92. The second-order valence-electron chi connectivity index (χ2n) is 21.5. The number of amides is 4. The Morgan fingerprint density at radius 1 is 0.470 bits per heavy atom. The number of imide groups is 2. The summed E-state index contributed by atoms with van der Waals surface area (Å²) >= 11 is 0. The Morgan fingerprint density at radius 2 is 0.867 bits per heavy atom. The van der Waals surface area contributed by atoms with E-state index < -0.39 is 44.3 Å². The second-order valence-corrected chi connectivity index (χ2v) is 24.8. The topological polar surface area (TPSA) is 249 Å². The van der Waals surface area contributed by atoms with Crippen molar-refractivity contribution in [2.75, 3.05) is 13.1 Å². The molecule has 4 heterocycles. The summed E-state index contributed by atoms with van der Waals surface area (Å²) in [6.45, 7) is 12.7. The third-order valence-electron chi connectivity index (χ3n) is 16.2. The molecule has 0 spiro atoms. The summed E-state index contributed by atoms with van der Waals surface area (Å²) in [5, 5.41) is 50.0. The van der Waals surface area contributed by atoms with Crippen LogP contribution in [0.1, 0.15) is 212 Å². The molecule has 6 aromatic rings. The molecule has 4 amide bonds. The Hall–Kier alpha value is -8.84. The molecular formula is C66H60N8O7S2. The molecule has 83 heavy (non-hydrogen) atoms. The Kier molecular flexibility index (Phi) is 18.1. The fourth-order valence-electron chi connectivity index (χ4n) is 12.1. The number of hydrogen-bond acceptors (Lipinski definition) is 12. The number of carbonyl (C=O) groups excluding carboxylic acids is 4. The van der Waals surface area contributed by atoms with E-state index in [2.05, 4.69) is 36.9 Å². The molecule has 0 fully saturated rings. The van der Waals surface area contributed by atoms with E-state index in [0.717, 1.165) is 43.4 Å². The van der Waals surface area contributed by atoms with Crippen molar-refractivity contribution >= 4 is 71.5 Å². The van der Waals surface area contributed by atoms with Crippen molar-refractivity contribution in [3.8, 4) is 52.6 Å². The number of hydrogen-bond donors (Lipinski definition) is 0. The van der Waals surface area contributed by atoms with Crippen molar-refractivity contribution in [3.63, 3.8) is 0 Å². The summed E-state index contributed by atoms with van der Waals surface area (Å²) in [4.78, 5) is 60.9. The molecule has 0 radical (unpaired) electrons. The number of nitrogens with zero attached hydrogens (tertiary/aromatic N) is 8. The van der Waals surface area contributed by atoms with Gasteiger partial charge in [-0.05, 0) is 78.9 Å². The first kappa shape index (κ1) is 58.8. The van der Waals surface area contributed by atoms with E-state index in [0.29, 0.717) is 45.2 Å². The molecule has 0 saturated carbocycles. The van der Waals surface area contributed by atoms with E-state index in [1.54, 1.807) is 18.2 Å². The summed E-state index contributed by atoms with van der Waals surface area (Å²) < 4.78 is 41.4. The van der Waals surface area contributed by atoms with Crippen LogP contribution >= 0.6 is 0 Å². The first-order valence-electron chi connectivity index (χ1n) is 28.7. The summed E-state index contributed by atoms with van der Waals surface area (Å²) in [5.74, 6) is -2.13. The first-order valence-corrected chi connectivity index (χ1v) is 31.3. The zero-order valence-electron chi connectivity index (χ0n) is 46.6. The molecule has 4 aliphatic heterocycles. The molecule has 4 aliphatic rings. The van der Waals surface area contributed by atoms with E-state index in [-0.39, 0.29) is 99.9 Å². The maximum Gasteiger partial charge on any atom is 0.261 e. The molecule has 0 N–H and O–H groups in total. The molecule has 6 aromatic carbocycles. The van der Waals surface area contributed by atoms with Gasteiger partial charge in [0.15, 0.2) is 0 Å². The van der Waals surface area contributed by atoms with Crippen molar-refractivity contribution in [2.24, 2.45) is 0 Å². The summed E-state index contributed by atoms with van der Waals surface area (Å²) in [5.41, 5.74) is 2.29. The van der Waals surface area contributed by atoms with Crippen LogP contribution in [-0.4, -0.2) is 59.1 Å². The number of sulfone groups is 1. The van der Waals surface area contributed by atoms with Gasteiger partial charge in [-0.3, -0.25) is 33.2 Å². The van der Waals surface area contributed by atoms with E-state index in [1.807, 2.05) is 12.1 Å². The van der Waals surface area contributed by atoms with E-state index in [9.17, 15) is 58.1 Å². The average molecular weight is 1140 g/mol. The molecule has 17 heteroatoms. The molecule has 15 nitrogen and oxygen atoms in total. The summed E-state index contributed by atoms with van der Waals surface area (Å²) in [7, 11) is -6.08. The zero-order chi connectivity index (χ0) is 59.1. The van der Waals surface area contributed by atoms with Crippen molar-refractivity contribution in [1.29, 1.82) is 26.3 Å². The van der Waals surface area contributed by atoms with Crippen LogP contribution in [0.2, 0.25) is 0 Å². The van der Waals surface area contributed by atoms with Crippen molar-refractivity contribution < 1.29 is 31.8 Å². The van der Waals surface area contributed by atoms with Crippen LogP contribution in [0.5, 0.6) is 0 Å². The van der Waals surface area contributed by atoms with E-state index >= 15 is 0 Å². The maximum absolute atomic E-state index is 13.8. The molecule has 1 atom stereocenters. The lowest BCUT2D eigenvalue weighted by molar-refractivity contribution is 0.0592. The molecule has 0 saturated heterocycles. The fraction of sp³-hybridized carbons (Fsp3) is 0.364. The van der Waals surface area contributed by atoms with Crippen molar-refractivity contribution in [1.82, 2.24) is 9.80 Å². The molecule has 0 bridgehead atoms. The van der Waals surface area contributed by atoms with Gasteiger partial charge in [0.1, 0.15) is 6.07 Å². The number of fused-ring (bicyclic) bond motifs is 4. The third-order valence-corrected chi connectivity index (χ3v) is 19.7. The Bertz CT molecular complexity index is 4100. The van der Waals surface area contributed by atoms with Crippen LogP contribution in [0.25, 0.3) is 48.6 Å². The average Bonchev–Trinajstić information content (AvgIpc) is 1.21. The predicted octanol–water partition coefficient (Wildman–Crippen LogP) is 14.6. The van der Waals surface area contributed by atoms with Gasteiger partial charge in [-0.1, -0.05) is 129 Å². The van der Waals surface area contributed by atoms with Gasteiger partial charge in [0.05, 0.1) is 100 Å². The predicted molar refractivity (Wildman–Crippen MR) is 313 cm³/mol. The highest BCUT2D eigenvalue weighted by Gasteiger charge is 2.43. The smallest absolute Gasteiger partial charge is 0.261 e. The van der Waals surface area contributed by atoms with E-state index in [1.165, 1.54) is 124 Å². The van der Waals surface area contributed by atoms with Crippen LogP contribution in [0.15, 0.2) is 80.2 Å². The largest absolute Gasteiger partial charge is 0.274 e. The van der Waals surface area contributed by atoms with Gasteiger partial charge in [-0.25, -0.2) is 13.3 Å². The number of unbranched alkanes of at least 4 members (excludes halogenated alkanes) is 18. The van der Waals surface area contributed by atoms with Gasteiger partial charge in [0, 0.05) is 62.6 Å². The lowest BCUT2D eigenvalue weighted by Gasteiger charge is -2.31. The quantitative estimate of drug-likeness (QED) is 0.0349. The first-order chi connectivity index (χ1) is 40.3. The van der Waals surface area contributed by atoms with Gasteiger partial charge in [-0.2, -0.15) is 26.3 Å². The van der Waals surface area contributed by atoms with Gasteiger partial charge in [-0.15, -0.1) is 0 Å². The molecule has 0 aromatic heterocycles. The monoisotopic (exact) mass is 1140 g/mol. The van der Waals surface area contributed by atoms with Crippen LogP contribution in [-0.2, 0) is 20.6 Å². The van der Waals surface area contributed by atoms with Crippen LogP contribution in [0.3, 0.4) is 0 Å². The Morgan fingerprint density at radius 3 is 1.31 bits per heavy atom. The van der Waals surface area contributed by atoms with Gasteiger partial charge in [0.2, 0.25) is 15.5 Å². The van der Waals surface area contributed by atoms with Gasteiger partial charge < -0.3 is 0 Å². The van der Waals surface area contributed by atoms with Crippen LogP contribution < -0.4 is 0 Å². The standard InChI is InChI=1S/C33H30N4O4S.C33H30N4O3S/c1-2-3-4-5-6-7-8-9-10-11-14-37-32(38)25-16-22(19-35)28-24-15-21(18-34)12-13-27(24)42(40,41)31-23(20-36)17-26(33(37)39)29(25)30(28)31;1-3-4-5-6-7-8-9-10-11-12-15-37-32(38)24-17-22(20-35)28-23-16-21(19-34)13-14-27(23)41(40)31-26(36-2)18-25(33(37)39)29(24)30(28)31/h12-13,15-17H,2-11,14H2,1H3;13-14,16-18H,3-12,15H2,1H3. The number of rotatable bonds is 22. The van der Waals surface area contributed by atoms with Crippen molar-refractivity contribution in [3.05, 3.63) is 122 Å². The number of carbonyl (C=O) groups is 4.